The van der Waals surface area contributed by atoms with Crippen LogP contribution < -0.4 is 14.9 Å². The standard InChI is InChI=1S/C21H20N2O5/c1-26-19-8-6-14(10-20(19)27-2)12-22-23-13-17-7-9-18(28-17)15-4-3-5-16(11-15)21(24)25/h3-11,13,22H,12H2,1-2H3,(H,24,25)/b23-13-. The van der Waals surface area contributed by atoms with Crippen LogP contribution in [0.3, 0.4) is 0 Å². The van der Waals surface area contributed by atoms with Gasteiger partial charge in [-0.2, -0.15) is 5.10 Å². The monoisotopic (exact) mass is 380 g/mol. The second-order valence-corrected chi connectivity index (χ2v) is 5.87. The van der Waals surface area contributed by atoms with Crippen molar-refractivity contribution < 1.29 is 23.8 Å². The molecule has 3 rings (SSSR count). The lowest BCUT2D eigenvalue weighted by Gasteiger charge is -2.09. The van der Waals surface area contributed by atoms with Crippen molar-refractivity contribution in [3.8, 4) is 22.8 Å². The van der Waals surface area contributed by atoms with Gasteiger partial charge in [-0.3, -0.25) is 0 Å². The topological polar surface area (TPSA) is 93.3 Å². The van der Waals surface area contributed by atoms with Crippen molar-refractivity contribution >= 4 is 12.2 Å². The Morgan fingerprint density at radius 2 is 1.93 bits per heavy atom. The maximum absolute atomic E-state index is 11.1. The van der Waals surface area contributed by atoms with E-state index in [4.69, 9.17) is 19.0 Å². The molecule has 0 radical (unpaired) electrons. The van der Waals surface area contributed by atoms with E-state index in [2.05, 4.69) is 10.5 Å². The lowest BCUT2D eigenvalue weighted by atomic mass is 10.1. The third-order valence-corrected chi connectivity index (χ3v) is 4.04. The van der Waals surface area contributed by atoms with Crippen LogP contribution in [0.1, 0.15) is 21.7 Å². The molecule has 0 atom stereocenters. The molecule has 3 aromatic rings. The van der Waals surface area contributed by atoms with Gasteiger partial charge in [0.25, 0.3) is 0 Å². The minimum absolute atomic E-state index is 0.209. The van der Waals surface area contributed by atoms with Gasteiger partial charge < -0.3 is 24.4 Å². The Kier molecular flexibility index (Phi) is 5.96. The predicted molar refractivity (Wildman–Crippen MR) is 105 cm³/mol. The van der Waals surface area contributed by atoms with Crippen molar-refractivity contribution in [2.45, 2.75) is 6.54 Å². The highest BCUT2D eigenvalue weighted by atomic mass is 16.5. The van der Waals surface area contributed by atoms with Gasteiger partial charge >= 0.3 is 5.97 Å². The average Bonchev–Trinajstić information content (AvgIpc) is 3.20. The number of carbonyl (C=O) groups is 1. The number of methoxy groups -OCH3 is 2. The van der Waals surface area contributed by atoms with Crippen LogP contribution in [0.25, 0.3) is 11.3 Å². The summed E-state index contributed by atoms with van der Waals surface area (Å²) in [4.78, 5) is 11.1. The highest BCUT2D eigenvalue weighted by molar-refractivity contribution is 5.89. The number of ether oxygens (including phenoxy) is 2. The minimum Gasteiger partial charge on any atom is -0.493 e. The van der Waals surface area contributed by atoms with Crippen LogP contribution >= 0.6 is 0 Å². The maximum Gasteiger partial charge on any atom is 0.335 e. The SMILES string of the molecule is COc1ccc(CN/N=C\c2ccc(-c3cccc(C(=O)O)c3)o2)cc1OC. The summed E-state index contributed by atoms with van der Waals surface area (Å²) in [6, 6.07) is 15.8. The van der Waals surface area contributed by atoms with Gasteiger partial charge in [-0.05, 0) is 42.0 Å². The molecule has 7 nitrogen and oxygen atoms in total. The fourth-order valence-corrected chi connectivity index (χ4v) is 2.62. The quantitative estimate of drug-likeness (QED) is 0.456. The van der Waals surface area contributed by atoms with Crippen LogP contribution in [0.5, 0.6) is 11.5 Å². The third-order valence-electron chi connectivity index (χ3n) is 4.04. The Balaban J connectivity index is 1.62. The van der Waals surface area contributed by atoms with Crippen LogP contribution in [0.15, 0.2) is 64.1 Å². The largest absolute Gasteiger partial charge is 0.493 e. The van der Waals surface area contributed by atoms with E-state index in [0.717, 1.165) is 5.56 Å². The van der Waals surface area contributed by atoms with E-state index in [1.165, 1.54) is 6.07 Å². The van der Waals surface area contributed by atoms with Crippen LogP contribution in [0.4, 0.5) is 0 Å². The first-order valence-electron chi connectivity index (χ1n) is 8.51. The van der Waals surface area contributed by atoms with E-state index in [1.807, 2.05) is 18.2 Å². The number of hydrazone groups is 1. The molecule has 0 saturated carbocycles. The molecule has 0 spiro atoms. The smallest absolute Gasteiger partial charge is 0.335 e. The van der Waals surface area contributed by atoms with E-state index < -0.39 is 5.97 Å². The molecule has 2 aromatic carbocycles. The van der Waals surface area contributed by atoms with Crippen molar-refractivity contribution in [3.63, 3.8) is 0 Å². The van der Waals surface area contributed by atoms with Crippen LogP contribution in [0, 0.1) is 0 Å². The third kappa shape index (κ3) is 4.50. The Morgan fingerprint density at radius 1 is 1.11 bits per heavy atom. The molecule has 144 valence electrons. The molecule has 2 N–H and O–H groups in total. The zero-order valence-corrected chi connectivity index (χ0v) is 15.5. The van der Waals surface area contributed by atoms with Gasteiger partial charge in [0.1, 0.15) is 11.5 Å². The number of aromatic carboxylic acids is 1. The number of rotatable bonds is 8. The van der Waals surface area contributed by atoms with Crippen molar-refractivity contribution in [1.29, 1.82) is 0 Å². The lowest BCUT2D eigenvalue weighted by Crippen LogP contribution is -2.05. The van der Waals surface area contributed by atoms with Crippen molar-refractivity contribution in [2.75, 3.05) is 14.2 Å². The van der Waals surface area contributed by atoms with Gasteiger partial charge in [0, 0.05) is 5.56 Å². The molecule has 7 heteroatoms. The number of nitrogens with zero attached hydrogens (tertiary/aromatic N) is 1. The Morgan fingerprint density at radius 3 is 2.68 bits per heavy atom. The Hall–Kier alpha value is -3.74. The number of hydrogen-bond acceptors (Lipinski definition) is 6. The summed E-state index contributed by atoms with van der Waals surface area (Å²) in [5.74, 6) is 1.48. The summed E-state index contributed by atoms with van der Waals surface area (Å²) in [6.07, 6.45) is 1.56. The number of carboxylic acids is 1. The second kappa shape index (κ2) is 8.77. The average molecular weight is 380 g/mol. The van der Waals surface area contributed by atoms with Crippen molar-refractivity contribution in [1.82, 2.24) is 5.43 Å². The van der Waals surface area contributed by atoms with Crippen molar-refractivity contribution in [2.24, 2.45) is 5.10 Å². The first-order valence-corrected chi connectivity index (χ1v) is 8.51. The number of furan rings is 1. The summed E-state index contributed by atoms with van der Waals surface area (Å²) in [5, 5.41) is 13.2. The predicted octanol–water partition coefficient (Wildman–Crippen LogP) is 3.79. The van der Waals surface area contributed by atoms with Gasteiger partial charge in [0.2, 0.25) is 0 Å². The Labute approximate surface area is 162 Å². The first kappa shape index (κ1) is 19.0. The minimum atomic E-state index is -0.977. The molecule has 0 amide bonds. The summed E-state index contributed by atoms with van der Waals surface area (Å²) >= 11 is 0. The van der Waals surface area contributed by atoms with E-state index >= 15 is 0 Å². The van der Waals surface area contributed by atoms with E-state index in [9.17, 15) is 4.79 Å². The number of nitrogens with one attached hydrogen (secondary N) is 1. The van der Waals surface area contributed by atoms with Gasteiger partial charge in [-0.15, -0.1) is 0 Å². The molecule has 0 fully saturated rings. The molecule has 0 saturated heterocycles. The van der Waals surface area contributed by atoms with E-state index in [0.29, 0.717) is 35.1 Å². The molecule has 0 aliphatic carbocycles. The number of hydrogen-bond donors (Lipinski definition) is 2. The van der Waals surface area contributed by atoms with Crippen LogP contribution in [-0.2, 0) is 6.54 Å². The zero-order valence-electron chi connectivity index (χ0n) is 15.5. The second-order valence-electron chi connectivity index (χ2n) is 5.87. The fourth-order valence-electron chi connectivity index (χ4n) is 2.62. The highest BCUT2D eigenvalue weighted by Gasteiger charge is 2.08. The van der Waals surface area contributed by atoms with Gasteiger partial charge in [0.15, 0.2) is 11.5 Å². The van der Waals surface area contributed by atoms with Gasteiger partial charge in [0.05, 0.1) is 32.5 Å². The molecule has 1 heterocycles. The number of benzene rings is 2. The molecular weight excluding hydrogens is 360 g/mol. The maximum atomic E-state index is 11.1. The molecule has 28 heavy (non-hydrogen) atoms. The lowest BCUT2D eigenvalue weighted by molar-refractivity contribution is 0.0697. The highest BCUT2D eigenvalue weighted by Crippen LogP contribution is 2.27. The summed E-state index contributed by atoms with van der Waals surface area (Å²) in [6.45, 7) is 0.505. The molecule has 0 bridgehead atoms. The summed E-state index contributed by atoms with van der Waals surface area (Å²) in [7, 11) is 3.18. The number of carboxylic acid groups (broad SMARTS) is 1. The Bertz CT molecular complexity index is 994. The van der Waals surface area contributed by atoms with Gasteiger partial charge in [-0.25, -0.2) is 4.79 Å². The van der Waals surface area contributed by atoms with E-state index in [1.54, 1.807) is 50.8 Å². The molecule has 1 aromatic heterocycles. The first-order chi connectivity index (χ1) is 13.6. The summed E-state index contributed by atoms with van der Waals surface area (Å²) < 4.78 is 16.2. The van der Waals surface area contributed by atoms with Gasteiger partial charge in [-0.1, -0.05) is 18.2 Å². The zero-order chi connectivity index (χ0) is 19.9. The molecule has 0 aliphatic heterocycles. The van der Waals surface area contributed by atoms with Crippen LogP contribution in [0.2, 0.25) is 0 Å². The molecule has 0 unspecified atom stereocenters. The van der Waals surface area contributed by atoms with Crippen molar-refractivity contribution in [3.05, 3.63) is 71.5 Å². The van der Waals surface area contributed by atoms with E-state index in [-0.39, 0.29) is 5.56 Å². The normalized spacial score (nSPS) is 10.8. The summed E-state index contributed by atoms with van der Waals surface area (Å²) in [5.41, 5.74) is 4.84. The molecular formula is C21H20N2O5. The van der Waals surface area contributed by atoms with Crippen LogP contribution in [-0.4, -0.2) is 31.5 Å². The fraction of sp³-hybridized carbons (Fsp3) is 0.143. The molecule has 0 aliphatic rings.